The third kappa shape index (κ3) is 4.80. The molecule has 0 aliphatic carbocycles. The third-order valence-electron chi connectivity index (χ3n) is 3.55. The predicted octanol–water partition coefficient (Wildman–Crippen LogP) is 3.60. The first-order valence-electron chi connectivity index (χ1n) is 7.96. The second kappa shape index (κ2) is 8.44. The summed E-state index contributed by atoms with van der Waals surface area (Å²) in [5.74, 6) is 1.14. The Bertz CT molecular complexity index is 860. The lowest BCUT2D eigenvalue weighted by Gasteiger charge is -2.09. The molecule has 0 aliphatic heterocycles. The number of rotatable bonds is 7. The van der Waals surface area contributed by atoms with E-state index < -0.39 is 0 Å². The van der Waals surface area contributed by atoms with Crippen LogP contribution >= 0.6 is 11.8 Å². The summed E-state index contributed by atoms with van der Waals surface area (Å²) in [4.78, 5) is 17.3. The van der Waals surface area contributed by atoms with E-state index in [4.69, 9.17) is 9.47 Å². The Hall–Kier alpha value is -2.93. The molecular weight excluding hydrogens is 350 g/mol. The van der Waals surface area contributed by atoms with Crippen LogP contribution in [-0.4, -0.2) is 29.2 Å². The highest BCUT2D eigenvalue weighted by atomic mass is 32.2. The lowest BCUT2D eigenvalue weighted by Crippen LogP contribution is -2.20. The number of methoxy groups -OCH3 is 1. The molecule has 26 heavy (non-hydrogen) atoms. The summed E-state index contributed by atoms with van der Waals surface area (Å²) >= 11 is 1.56. The fourth-order valence-corrected chi connectivity index (χ4v) is 2.98. The van der Waals surface area contributed by atoms with Crippen LogP contribution in [0.15, 0.2) is 71.0 Å². The lowest BCUT2D eigenvalue weighted by atomic mass is 10.3. The SMILES string of the molecule is COc1ccc(OCC(=O)Nc2ccc(Sc3nccn3C)cc2)cc1. The zero-order chi connectivity index (χ0) is 18.4. The van der Waals surface area contributed by atoms with E-state index in [0.29, 0.717) is 5.75 Å². The van der Waals surface area contributed by atoms with Gasteiger partial charge >= 0.3 is 0 Å². The average Bonchev–Trinajstić information content (AvgIpc) is 3.07. The molecule has 0 bridgehead atoms. The van der Waals surface area contributed by atoms with Gasteiger partial charge in [0.1, 0.15) is 11.5 Å². The molecule has 3 aromatic rings. The zero-order valence-corrected chi connectivity index (χ0v) is 15.3. The molecule has 0 radical (unpaired) electrons. The second-order valence-electron chi connectivity index (χ2n) is 5.46. The minimum absolute atomic E-state index is 0.0594. The Kier molecular flexibility index (Phi) is 5.80. The summed E-state index contributed by atoms with van der Waals surface area (Å²) in [5, 5.41) is 3.73. The van der Waals surface area contributed by atoms with E-state index in [9.17, 15) is 4.79 Å². The van der Waals surface area contributed by atoms with Gasteiger partial charge < -0.3 is 19.4 Å². The van der Waals surface area contributed by atoms with Gasteiger partial charge in [0, 0.05) is 30.0 Å². The smallest absolute Gasteiger partial charge is 0.262 e. The van der Waals surface area contributed by atoms with Crippen molar-refractivity contribution in [1.29, 1.82) is 0 Å². The van der Waals surface area contributed by atoms with Gasteiger partial charge in [-0.3, -0.25) is 4.79 Å². The molecule has 7 heteroatoms. The maximum atomic E-state index is 12.0. The maximum Gasteiger partial charge on any atom is 0.262 e. The Morgan fingerprint density at radius 1 is 1.12 bits per heavy atom. The van der Waals surface area contributed by atoms with Gasteiger partial charge in [0.25, 0.3) is 5.91 Å². The van der Waals surface area contributed by atoms with Crippen LogP contribution in [0.3, 0.4) is 0 Å². The van der Waals surface area contributed by atoms with Gasteiger partial charge in [-0.25, -0.2) is 4.98 Å². The third-order valence-corrected chi connectivity index (χ3v) is 4.64. The largest absolute Gasteiger partial charge is 0.497 e. The van der Waals surface area contributed by atoms with Crippen molar-refractivity contribution in [2.24, 2.45) is 7.05 Å². The molecule has 0 fully saturated rings. The molecule has 0 saturated carbocycles. The number of carbonyl (C=O) groups excluding carboxylic acids is 1. The fraction of sp³-hybridized carbons (Fsp3) is 0.158. The van der Waals surface area contributed by atoms with E-state index in [1.54, 1.807) is 49.3 Å². The van der Waals surface area contributed by atoms with Gasteiger partial charge in [0.05, 0.1) is 7.11 Å². The van der Waals surface area contributed by atoms with E-state index in [1.165, 1.54) is 0 Å². The normalized spacial score (nSPS) is 10.4. The van der Waals surface area contributed by atoms with Crippen LogP contribution in [0.1, 0.15) is 0 Å². The molecule has 134 valence electrons. The first-order chi connectivity index (χ1) is 12.6. The molecule has 1 aromatic heterocycles. The van der Waals surface area contributed by atoms with Crippen molar-refractivity contribution in [1.82, 2.24) is 9.55 Å². The maximum absolute atomic E-state index is 12.0. The standard InChI is InChI=1S/C19H19N3O3S/c1-22-12-11-20-19(22)26-17-9-3-14(4-10-17)21-18(23)13-25-16-7-5-15(24-2)6-8-16/h3-12H,13H2,1-2H3,(H,21,23). The highest BCUT2D eigenvalue weighted by Crippen LogP contribution is 2.26. The van der Waals surface area contributed by atoms with E-state index in [0.717, 1.165) is 21.5 Å². The van der Waals surface area contributed by atoms with Crippen molar-refractivity contribution in [2.75, 3.05) is 19.0 Å². The van der Waals surface area contributed by atoms with Crippen molar-refractivity contribution in [3.05, 3.63) is 60.9 Å². The average molecular weight is 369 g/mol. The highest BCUT2D eigenvalue weighted by molar-refractivity contribution is 7.99. The minimum Gasteiger partial charge on any atom is -0.497 e. The quantitative estimate of drug-likeness (QED) is 0.689. The van der Waals surface area contributed by atoms with E-state index in [1.807, 2.05) is 42.1 Å². The first kappa shape index (κ1) is 17.9. The second-order valence-corrected chi connectivity index (χ2v) is 6.50. The van der Waals surface area contributed by atoms with Gasteiger partial charge in [-0.15, -0.1) is 0 Å². The number of aromatic nitrogens is 2. The van der Waals surface area contributed by atoms with Crippen molar-refractivity contribution < 1.29 is 14.3 Å². The Labute approximate surface area is 156 Å². The Morgan fingerprint density at radius 2 is 1.81 bits per heavy atom. The molecule has 0 unspecified atom stereocenters. The monoisotopic (exact) mass is 369 g/mol. The molecule has 0 saturated heterocycles. The number of carbonyl (C=O) groups is 1. The van der Waals surface area contributed by atoms with Crippen LogP contribution in [0, 0.1) is 0 Å². The molecule has 3 rings (SSSR count). The summed E-state index contributed by atoms with van der Waals surface area (Å²) in [6, 6.07) is 14.7. The van der Waals surface area contributed by atoms with Gasteiger partial charge in [0.2, 0.25) is 0 Å². The fourth-order valence-electron chi connectivity index (χ4n) is 2.18. The minimum atomic E-state index is -0.217. The highest BCUT2D eigenvalue weighted by Gasteiger charge is 2.06. The first-order valence-corrected chi connectivity index (χ1v) is 8.77. The van der Waals surface area contributed by atoms with Crippen molar-refractivity contribution in [3.8, 4) is 11.5 Å². The van der Waals surface area contributed by atoms with Gasteiger partial charge in [-0.05, 0) is 48.5 Å². The van der Waals surface area contributed by atoms with Crippen LogP contribution in [0.4, 0.5) is 5.69 Å². The number of anilines is 1. The van der Waals surface area contributed by atoms with Crippen LogP contribution < -0.4 is 14.8 Å². The summed E-state index contributed by atoms with van der Waals surface area (Å²) in [6.45, 7) is -0.0594. The van der Waals surface area contributed by atoms with E-state index in [-0.39, 0.29) is 12.5 Å². The van der Waals surface area contributed by atoms with Crippen LogP contribution in [0.2, 0.25) is 0 Å². The molecule has 2 aromatic carbocycles. The molecular formula is C19H19N3O3S. The van der Waals surface area contributed by atoms with Gasteiger partial charge in [0.15, 0.2) is 11.8 Å². The van der Waals surface area contributed by atoms with Crippen molar-refractivity contribution in [3.63, 3.8) is 0 Å². The number of nitrogens with zero attached hydrogens (tertiary/aromatic N) is 2. The van der Waals surface area contributed by atoms with E-state index >= 15 is 0 Å². The number of aryl methyl sites for hydroxylation is 1. The van der Waals surface area contributed by atoms with E-state index in [2.05, 4.69) is 10.3 Å². The zero-order valence-electron chi connectivity index (χ0n) is 14.5. The summed E-state index contributed by atoms with van der Waals surface area (Å²) < 4.78 is 12.5. The number of hydrogen-bond acceptors (Lipinski definition) is 5. The molecule has 1 heterocycles. The van der Waals surface area contributed by atoms with Crippen LogP contribution in [0.25, 0.3) is 0 Å². The Balaban J connectivity index is 1.50. The molecule has 0 aliphatic rings. The van der Waals surface area contributed by atoms with Gasteiger partial charge in [-0.1, -0.05) is 11.8 Å². The summed E-state index contributed by atoms with van der Waals surface area (Å²) in [6.07, 6.45) is 3.67. The number of amides is 1. The van der Waals surface area contributed by atoms with Gasteiger partial charge in [-0.2, -0.15) is 0 Å². The summed E-state index contributed by atoms with van der Waals surface area (Å²) in [5.41, 5.74) is 0.720. The van der Waals surface area contributed by atoms with Crippen LogP contribution in [-0.2, 0) is 11.8 Å². The number of benzene rings is 2. The number of imidazole rings is 1. The van der Waals surface area contributed by atoms with Crippen molar-refractivity contribution in [2.45, 2.75) is 10.1 Å². The molecule has 0 atom stereocenters. The molecule has 6 nitrogen and oxygen atoms in total. The lowest BCUT2D eigenvalue weighted by molar-refractivity contribution is -0.118. The number of hydrogen-bond donors (Lipinski definition) is 1. The number of ether oxygens (including phenoxy) is 2. The number of nitrogens with one attached hydrogen (secondary N) is 1. The van der Waals surface area contributed by atoms with Crippen LogP contribution in [0.5, 0.6) is 11.5 Å². The molecule has 0 spiro atoms. The Morgan fingerprint density at radius 3 is 2.42 bits per heavy atom. The topological polar surface area (TPSA) is 65.4 Å². The predicted molar refractivity (Wildman–Crippen MR) is 101 cm³/mol. The summed E-state index contributed by atoms with van der Waals surface area (Å²) in [7, 11) is 3.55. The molecule has 1 N–H and O–H groups in total. The molecule has 1 amide bonds. The van der Waals surface area contributed by atoms with Crippen molar-refractivity contribution >= 4 is 23.4 Å².